The van der Waals surface area contributed by atoms with E-state index in [9.17, 15) is 0 Å². The van der Waals surface area contributed by atoms with Crippen molar-refractivity contribution in [2.45, 2.75) is 19.3 Å². The minimum absolute atomic E-state index is 1.14. The molecule has 0 bridgehead atoms. The van der Waals surface area contributed by atoms with Gasteiger partial charge in [0.15, 0.2) is 0 Å². The number of hydrogen-bond donors (Lipinski definition) is 0. The van der Waals surface area contributed by atoms with Gasteiger partial charge < -0.3 is 4.90 Å². The summed E-state index contributed by atoms with van der Waals surface area (Å²) in [4.78, 5) is 2.37. The minimum Gasteiger partial charge on any atom is -0.302 e. The molecule has 76 valence electrons. The highest BCUT2D eigenvalue weighted by molar-refractivity contribution is 7.07. The summed E-state index contributed by atoms with van der Waals surface area (Å²) in [6.45, 7) is 2.37. The van der Waals surface area contributed by atoms with Gasteiger partial charge in [0.05, 0.1) is 0 Å². The number of likely N-dealkylation sites (N-methyl/N-ethyl adjacent to an activating group) is 1. The molecule has 1 aliphatic heterocycles. The fraction of sp³-hybridized carbons (Fsp3) is 0.500. The Morgan fingerprint density at radius 3 is 3.00 bits per heavy atom. The van der Waals surface area contributed by atoms with Crippen molar-refractivity contribution in [2.75, 3.05) is 20.1 Å². The molecule has 0 saturated heterocycles. The van der Waals surface area contributed by atoms with Crippen LogP contribution in [0, 0.1) is 0 Å². The molecule has 0 saturated carbocycles. The summed E-state index contributed by atoms with van der Waals surface area (Å²) >= 11 is 1.80. The first kappa shape index (κ1) is 9.94. The Balaban J connectivity index is 1.81. The normalized spacial score (nSPS) is 18.2. The van der Waals surface area contributed by atoms with Crippen LogP contribution in [0.25, 0.3) is 0 Å². The Bertz CT molecular complexity index is 300. The van der Waals surface area contributed by atoms with Crippen LogP contribution < -0.4 is 0 Å². The van der Waals surface area contributed by atoms with Crippen LogP contribution in [0.1, 0.15) is 18.4 Å². The molecule has 2 heterocycles. The van der Waals surface area contributed by atoms with Gasteiger partial charge in [0.2, 0.25) is 0 Å². The third-order valence-corrected chi connectivity index (χ3v) is 3.55. The lowest BCUT2D eigenvalue weighted by atomic mass is 10.0. The summed E-state index contributed by atoms with van der Waals surface area (Å²) < 4.78 is 0. The van der Waals surface area contributed by atoms with E-state index in [1.807, 2.05) is 0 Å². The van der Waals surface area contributed by atoms with E-state index in [1.165, 1.54) is 31.4 Å². The average Bonchev–Trinajstić information content (AvgIpc) is 2.70. The van der Waals surface area contributed by atoms with E-state index in [2.05, 4.69) is 34.9 Å². The fourth-order valence-corrected chi connectivity index (χ4v) is 2.48. The second kappa shape index (κ2) is 4.76. The molecular formula is C12H17NS. The molecule has 1 nitrogen and oxygen atoms in total. The lowest BCUT2D eigenvalue weighted by Crippen LogP contribution is -2.24. The van der Waals surface area contributed by atoms with Gasteiger partial charge in [-0.15, -0.1) is 0 Å². The molecule has 0 amide bonds. The Morgan fingerprint density at radius 2 is 2.36 bits per heavy atom. The standard InChI is InChI=1S/C12H17NS/c1-13-7-4-11(5-8-13)2-3-12-6-9-14-10-12/h4,6,9-10H,2-3,5,7-8H2,1H3. The molecule has 0 N–H and O–H groups in total. The van der Waals surface area contributed by atoms with Gasteiger partial charge in [-0.25, -0.2) is 0 Å². The molecule has 0 spiro atoms. The van der Waals surface area contributed by atoms with Gasteiger partial charge >= 0.3 is 0 Å². The first-order valence-corrected chi connectivity index (χ1v) is 6.16. The summed E-state index contributed by atoms with van der Waals surface area (Å²) in [5.74, 6) is 0. The maximum absolute atomic E-state index is 2.40. The zero-order valence-corrected chi connectivity index (χ0v) is 9.52. The zero-order valence-electron chi connectivity index (χ0n) is 8.70. The van der Waals surface area contributed by atoms with Gasteiger partial charge in [0, 0.05) is 13.1 Å². The maximum atomic E-state index is 2.40. The van der Waals surface area contributed by atoms with Crippen molar-refractivity contribution in [1.82, 2.24) is 4.90 Å². The number of hydrogen-bond acceptors (Lipinski definition) is 2. The lowest BCUT2D eigenvalue weighted by Gasteiger charge is -2.21. The van der Waals surface area contributed by atoms with E-state index in [-0.39, 0.29) is 0 Å². The number of rotatable bonds is 3. The first-order valence-electron chi connectivity index (χ1n) is 5.22. The van der Waals surface area contributed by atoms with Gasteiger partial charge in [-0.3, -0.25) is 0 Å². The van der Waals surface area contributed by atoms with E-state index < -0.39 is 0 Å². The third kappa shape index (κ3) is 2.69. The highest BCUT2D eigenvalue weighted by Gasteiger charge is 2.07. The molecule has 1 aliphatic rings. The number of nitrogens with zero attached hydrogens (tertiary/aromatic N) is 1. The van der Waals surface area contributed by atoms with Gasteiger partial charge in [0.25, 0.3) is 0 Å². The van der Waals surface area contributed by atoms with Crippen LogP contribution >= 0.6 is 11.3 Å². The predicted octanol–water partition coefficient (Wildman–Crippen LogP) is 2.94. The quantitative estimate of drug-likeness (QED) is 0.689. The van der Waals surface area contributed by atoms with Crippen molar-refractivity contribution in [3.8, 4) is 0 Å². The van der Waals surface area contributed by atoms with Crippen LogP contribution in [-0.2, 0) is 6.42 Å². The van der Waals surface area contributed by atoms with Crippen LogP contribution in [0.5, 0.6) is 0 Å². The van der Waals surface area contributed by atoms with Crippen molar-refractivity contribution in [3.05, 3.63) is 34.0 Å². The predicted molar refractivity (Wildman–Crippen MR) is 62.8 cm³/mol. The summed E-state index contributed by atoms with van der Waals surface area (Å²) in [7, 11) is 2.19. The largest absolute Gasteiger partial charge is 0.302 e. The second-order valence-corrected chi connectivity index (χ2v) is 4.79. The molecule has 0 atom stereocenters. The van der Waals surface area contributed by atoms with Crippen LogP contribution in [0.3, 0.4) is 0 Å². The van der Waals surface area contributed by atoms with Gasteiger partial charge in [-0.2, -0.15) is 11.3 Å². The third-order valence-electron chi connectivity index (χ3n) is 2.82. The molecule has 0 radical (unpaired) electrons. The van der Waals surface area contributed by atoms with Crippen molar-refractivity contribution in [2.24, 2.45) is 0 Å². The Kier molecular flexibility index (Phi) is 3.38. The van der Waals surface area contributed by atoms with E-state index in [4.69, 9.17) is 0 Å². The van der Waals surface area contributed by atoms with Crippen molar-refractivity contribution >= 4 is 11.3 Å². The van der Waals surface area contributed by atoms with Crippen molar-refractivity contribution < 1.29 is 0 Å². The van der Waals surface area contributed by atoms with Gasteiger partial charge in [0.1, 0.15) is 0 Å². The topological polar surface area (TPSA) is 3.24 Å². The summed E-state index contributed by atoms with van der Waals surface area (Å²) in [5.41, 5.74) is 3.14. The second-order valence-electron chi connectivity index (χ2n) is 4.01. The van der Waals surface area contributed by atoms with Crippen molar-refractivity contribution in [3.63, 3.8) is 0 Å². The van der Waals surface area contributed by atoms with Crippen LogP contribution in [0.4, 0.5) is 0 Å². The van der Waals surface area contributed by atoms with Gasteiger partial charge in [-0.1, -0.05) is 11.6 Å². The smallest absolute Gasteiger partial charge is 0.0162 e. The number of thiophene rings is 1. The number of aryl methyl sites for hydroxylation is 1. The fourth-order valence-electron chi connectivity index (χ4n) is 1.78. The Labute approximate surface area is 90.1 Å². The first-order chi connectivity index (χ1) is 6.84. The molecule has 14 heavy (non-hydrogen) atoms. The van der Waals surface area contributed by atoms with Crippen LogP contribution in [0.15, 0.2) is 28.5 Å². The molecule has 0 unspecified atom stereocenters. The van der Waals surface area contributed by atoms with Crippen molar-refractivity contribution in [1.29, 1.82) is 0 Å². The molecule has 0 fully saturated rings. The SMILES string of the molecule is CN1CC=C(CCc2ccsc2)CC1. The van der Waals surface area contributed by atoms with E-state index in [0.717, 1.165) is 6.54 Å². The summed E-state index contributed by atoms with van der Waals surface area (Å²) in [5, 5.41) is 4.42. The van der Waals surface area contributed by atoms with Crippen LogP contribution in [-0.4, -0.2) is 25.0 Å². The molecule has 1 aromatic heterocycles. The van der Waals surface area contributed by atoms with E-state index in [1.54, 1.807) is 16.9 Å². The lowest BCUT2D eigenvalue weighted by molar-refractivity contribution is 0.356. The molecule has 2 rings (SSSR count). The molecule has 1 aromatic rings. The zero-order chi connectivity index (χ0) is 9.80. The van der Waals surface area contributed by atoms with Crippen LogP contribution in [0.2, 0.25) is 0 Å². The van der Waals surface area contributed by atoms with E-state index in [0.29, 0.717) is 0 Å². The maximum Gasteiger partial charge on any atom is 0.0162 e. The molecular weight excluding hydrogens is 190 g/mol. The molecule has 0 aromatic carbocycles. The highest BCUT2D eigenvalue weighted by Crippen LogP contribution is 2.17. The minimum atomic E-state index is 1.14. The molecule has 0 aliphatic carbocycles. The van der Waals surface area contributed by atoms with Gasteiger partial charge in [-0.05, 0) is 48.7 Å². The summed E-state index contributed by atoms with van der Waals surface area (Å²) in [6, 6.07) is 2.24. The Hall–Kier alpha value is -0.600. The molecule has 2 heteroatoms. The van der Waals surface area contributed by atoms with E-state index >= 15 is 0 Å². The monoisotopic (exact) mass is 207 g/mol. The summed E-state index contributed by atoms with van der Waals surface area (Å²) in [6.07, 6.45) is 6.14. The average molecular weight is 207 g/mol. The Morgan fingerprint density at radius 1 is 1.43 bits per heavy atom. The highest BCUT2D eigenvalue weighted by atomic mass is 32.1.